The maximum Gasteiger partial charge on any atom is 0.309 e. The fourth-order valence-corrected chi connectivity index (χ4v) is 3.53. The van der Waals surface area contributed by atoms with Crippen LogP contribution >= 0.6 is 0 Å². The van der Waals surface area contributed by atoms with Gasteiger partial charge in [0, 0.05) is 12.5 Å². The monoisotopic (exact) mass is 486 g/mol. The molecule has 0 heterocycles. The van der Waals surface area contributed by atoms with Crippen LogP contribution in [0, 0.1) is 17.3 Å². The molecule has 0 aliphatic carbocycles. The van der Waals surface area contributed by atoms with E-state index in [0.29, 0.717) is 19.3 Å². The first kappa shape index (κ1) is 30.1. The van der Waals surface area contributed by atoms with Crippen molar-refractivity contribution in [3.05, 3.63) is 61.2 Å². The summed E-state index contributed by atoms with van der Waals surface area (Å²) in [7, 11) is 0. The third-order valence-corrected chi connectivity index (χ3v) is 5.80. The zero-order valence-electron chi connectivity index (χ0n) is 21.6. The van der Waals surface area contributed by atoms with Gasteiger partial charge in [0.2, 0.25) is 11.8 Å². The van der Waals surface area contributed by atoms with Gasteiger partial charge >= 0.3 is 5.97 Å². The summed E-state index contributed by atoms with van der Waals surface area (Å²) < 4.78 is 5.68. The number of hydrogen-bond donors (Lipinski definition) is 3. The molecule has 0 fully saturated rings. The van der Waals surface area contributed by atoms with Gasteiger partial charge in [-0.25, -0.2) is 0 Å². The molecule has 0 saturated carbocycles. The first-order chi connectivity index (χ1) is 16.5. The van der Waals surface area contributed by atoms with Crippen LogP contribution in [0.25, 0.3) is 0 Å². The van der Waals surface area contributed by atoms with E-state index in [1.54, 1.807) is 19.1 Å². The number of carbonyl (C=O) groups excluding carboxylic acids is 3. The maximum absolute atomic E-state index is 13.1. The largest absolute Gasteiger partial charge is 0.463 e. The number of benzene rings is 1. The summed E-state index contributed by atoms with van der Waals surface area (Å²) >= 11 is 0. The van der Waals surface area contributed by atoms with Gasteiger partial charge in [0.15, 0.2) is 0 Å². The second-order valence-electron chi connectivity index (χ2n) is 10.0. The minimum atomic E-state index is -0.620. The predicted octanol–water partition coefficient (Wildman–Crippen LogP) is 3.57. The molecule has 0 bridgehead atoms. The third kappa shape index (κ3) is 11.4. The maximum atomic E-state index is 13.1. The summed E-state index contributed by atoms with van der Waals surface area (Å²) in [6, 6.07) is 8.89. The van der Waals surface area contributed by atoms with E-state index in [2.05, 4.69) is 23.8 Å². The molecule has 4 atom stereocenters. The SMILES string of the molecule is C=CC[C@@H](CC(=O)N[C@@H](C)CO)C(=O)N[C@H](COC(=O)[C@H](CC=C)Cc1ccccc1)C(C)(C)C. The molecule has 0 aliphatic rings. The highest BCUT2D eigenvalue weighted by Crippen LogP contribution is 2.22. The van der Waals surface area contributed by atoms with Crippen LogP contribution in [-0.4, -0.2) is 48.2 Å². The van der Waals surface area contributed by atoms with Crippen molar-refractivity contribution in [3.8, 4) is 0 Å². The number of nitrogens with one attached hydrogen (secondary N) is 2. The van der Waals surface area contributed by atoms with Crippen LogP contribution in [0.5, 0.6) is 0 Å². The Labute approximate surface area is 210 Å². The van der Waals surface area contributed by atoms with Gasteiger partial charge in [0.1, 0.15) is 6.61 Å². The molecule has 2 amide bonds. The van der Waals surface area contributed by atoms with Crippen molar-refractivity contribution < 1.29 is 24.2 Å². The first-order valence-corrected chi connectivity index (χ1v) is 12.1. The molecule has 35 heavy (non-hydrogen) atoms. The molecule has 0 spiro atoms. The summed E-state index contributed by atoms with van der Waals surface area (Å²) in [5.74, 6) is -1.94. The second kappa shape index (κ2) is 15.1. The molecule has 7 heteroatoms. The van der Waals surface area contributed by atoms with Gasteiger partial charge in [-0.1, -0.05) is 63.3 Å². The molecule has 0 radical (unpaired) electrons. The number of esters is 1. The van der Waals surface area contributed by atoms with Crippen LogP contribution in [0.15, 0.2) is 55.6 Å². The number of amides is 2. The van der Waals surface area contributed by atoms with Gasteiger partial charge in [-0.15, -0.1) is 13.2 Å². The highest BCUT2D eigenvalue weighted by atomic mass is 16.5. The van der Waals surface area contributed by atoms with Crippen molar-refractivity contribution in [3.63, 3.8) is 0 Å². The Morgan fingerprint density at radius 3 is 2.17 bits per heavy atom. The molecule has 7 nitrogen and oxygen atoms in total. The lowest BCUT2D eigenvalue weighted by Gasteiger charge is -2.32. The van der Waals surface area contributed by atoms with Gasteiger partial charge in [0.05, 0.1) is 24.5 Å². The third-order valence-electron chi connectivity index (χ3n) is 5.80. The zero-order chi connectivity index (χ0) is 26.4. The van der Waals surface area contributed by atoms with E-state index in [9.17, 15) is 14.4 Å². The summed E-state index contributed by atoms with van der Waals surface area (Å²) in [6.07, 6.45) is 4.63. The Hall–Kier alpha value is -2.93. The van der Waals surface area contributed by atoms with Gasteiger partial charge in [-0.2, -0.15) is 0 Å². The van der Waals surface area contributed by atoms with E-state index in [1.807, 2.05) is 51.1 Å². The molecule has 1 rings (SSSR count). The average molecular weight is 487 g/mol. The normalized spacial score (nSPS) is 14.7. The quantitative estimate of drug-likeness (QED) is 0.260. The van der Waals surface area contributed by atoms with Crippen molar-refractivity contribution in [2.45, 2.75) is 65.5 Å². The minimum Gasteiger partial charge on any atom is -0.463 e. The molecule has 0 unspecified atom stereocenters. The van der Waals surface area contributed by atoms with Gasteiger partial charge in [-0.3, -0.25) is 14.4 Å². The Bertz CT molecular complexity index is 831. The van der Waals surface area contributed by atoms with Crippen LogP contribution in [0.3, 0.4) is 0 Å². The lowest BCUT2D eigenvalue weighted by molar-refractivity contribution is -0.150. The van der Waals surface area contributed by atoms with Crippen LogP contribution in [0.4, 0.5) is 0 Å². The standard InChI is InChI=1S/C28H42N2O5/c1-7-12-22(17-25(32)29-20(3)18-31)26(33)30-24(28(4,5)6)19-35-27(34)23(13-8-2)16-21-14-10-9-11-15-21/h7-11,14-15,20,22-24,31H,1-2,12-13,16-19H2,3-6H3,(H,29,32)(H,30,33)/t20-,22-,23+,24+/m0/s1. The summed E-state index contributed by atoms with van der Waals surface area (Å²) in [5.41, 5.74) is 0.647. The number of ether oxygens (including phenoxy) is 1. The number of hydrogen-bond acceptors (Lipinski definition) is 5. The van der Waals surface area contributed by atoms with E-state index < -0.39 is 23.4 Å². The lowest BCUT2D eigenvalue weighted by Crippen LogP contribution is -2.50. The Balaban J connectivity index is 2.84. The molecule has 1 aromatic carbocycles. The van der Waals surface area contributed by atoms with Crippen LogP contribution < -0.4 is 10.6 Å². The highest BCUT2D eigenvalue weighted by Gasteiger charge is 2.31. The molecular weight excluding hydrogens is 444 g/mol. The minimum absolute atomic E-state index is 0.0189. The molecule has 1 aromatic rings. The highest BCUT2D eigenvalue weighted by molar-refractivity contribution is 5.86. The van der Waals surface area contributed by atoms with E-state index in [-0.39, 0.29) is 43.3 Å². The van der Waals surface area contributed by atoms with Gasteiger partial charge < -0.3 is 20.5 Å². The molecule has 0 saturated heterocycles. The van der Waals surface area contributed by atoms with Crippen molar-refractivity contribution >= 4 is 17.8 Å². The second-order valence-corrected chi connectivity index (χ2v) is 10.0. The van der Waals surface area contributed by atoms with Crippen molar-refractivity contribution in [1.82, 2.24) is 10.6 Å². The number of rotatable bonds is 15. The lowest BCUT2D eigenvalue weighted by atomic mass is 9.86. The summed E-state index contributed by atoms with van der Waals surface area (Å²) in [4.78, 5) is 38.2. The van der Waals surface area contributed by atoms with Gasteiger partial charge in [0.25, 0.3) is 0 Å². The molecule has 194 valence electrons. The molecule has 3 N–H and O–H groups in total. The van der Waals surface area contributed by atoms with E-state index >= 15 is 0 Å². The molecule has 0 aliphatic heterocycles. The van der Waals surface area contributed by atoms with Crippen LogP contribution in [0.2, 0.25) is 0 Å². The Morgan fingerprint density at radius 2 is 1.63 bits per heavy atom. The van der Waals surface area contributed by atoms with E-state index in [4.69, 9.17) is 9.84 Å². The Morgan fingerprint density at radius 1 is 1.03 bits per heavy atom. The zero-order valence-corrected chi connectivity index (χ0v) is 21.6. The van der Waals surface area contributed by atoms with Crippen molar-refractivity contribution in [1.29, 1.82) is 0 Å². The average Bonchev–Trinajstić information content (AvgIpc) is 2.80. The topological polar surface area (TPSA) is 105 Å². The predicted molar refractivity (Wildman–Crippen MR) is 138 cm³/mol. The smallest absolute Gasteiger partial charge is 0.309 e. The summed E-state index contributed by atoms with van der Waals surface area (Å²) in [6.45, 7) is 14.8. The van der Waals surface area contributed by atoms with Gasteiger partial charge in [-0.05, 0) is 37.2 Å². The van der Waals surface area contributed by atoms with Crippen molar-refractivity contribution in [2.75, 3.05) is 13.2 Å². The molecule has 0 aromatic heterocycles. The Kier molecular flexibility index (Phi) is 13.0. The molecular formula is C28H42N2O5. The fraction of sp³-hybridized carbons (Fsp3) is 0.536. The first-order valence-electron chi connectivity index (χ1n) is 12.1. The van der Waals surface area contributed by atoms with Crippen LogP contribution in [-0.2, 0) is 25.5 Å². The number of aliphatic hydroxyl groups excluding tert-OH is 1. The number of carbonyl (C=O) groups is 3. The fourth-order valence-electron chi connectivity index (χ4n) is 3.53. The van der Waals surface area contributed by atoms with Crippen LogP contribution in [0.1, 0.15) is 52.5 Å². The summed E-state index contributed by atoms with van der Waals surface area (Å²) in [5, 5.41) is 14.8. The van der Waals surface area contributed by atoms with E-state index in [1.165, 1.54) is 0 Å². The van der Waals surface area contributed by atoms with Crippen molar-refractivity contribution in [2.24, 2.45) is 17.3 Å². The number of allylic oxidation sites excluding steroid dienone is 2. The number of aliphatic hydroxyl groups is 1. The van der Waals surface area contributed by atoms with E-state index in [0.717, 1.165) is 5.56 Å².